The summed E-state index contributed by atoms with van der Waals surface area (Å²) in [6.07, 6.45) is -39.4. The lowest BCUT2D eigenvalue weighted by molar-refractivity contribution is -0.392. The first-order chi connectivity index (χ1) is 46.0. The Hall–Kier alpha value is -8.06. The Morgan fingerprint density at radius 1 is 0.327 bits per heavy atom. The normalized spacial score (nSPS) is 30.1. The zero-order chi connectivity index (χ0) is 72.7. The molecule has 0 saturated carbocycles. The molecular weight excluding hydrogens is 1320 g/mol. The van der Waals surface area contributed by atoms with Gasteiger partial charge in [0.15, 0.2) is 80.1 Å². The molecule has 4 fully saturated rings. The molecule has 98 heavy (non-hydrogen) atoms. The fourth-order valence-corrected chi connectivity index (χ4v) is 16.4. The Labute approximate surface area is 564 Å². The average Bonchev–Trinajstić information content (AvgIpc) is 0.756. The van der Waals surface area contributed by atoms with Crippen molar-refractivity contribution < 1.29 is 157 Å². The molecule has 4 aliphatic heterocycles. The largest absolute Gasteiger partial charge is 0.463 e. The lowest BCUT2D eigenvalue weighted by Crippen LogP contribution is -2.71. The van der Waals surface area contributed by atoms with Crippen molar-refractivity contribution >= 4 is 90.3 Å². The van der Waals surface area contributed by atoms with E-state index in [1.165, 1.54) is 0 Å². The van der Waals surface area contributed by atoms with E-state index in [2.05, 4.69) is 0 Å². The van der Waals surface area contributed by atoms with Crippen molar-refractivity contribution in [3.8, 4) is 0 Å². The van der Waals surface area contributed by atoms with E-state index in [-0.39, 0.29) is 0 Å². The van der Waals surface area contributed by atoms with E-state index in [1.807, 2.05) is 45.0 Å². The minimum Gasteiger partial charge on any atom is -0.463 e. The lowest BCUT2D eigenvalue weighted by Gasteiger charge is -2.51. The highest BCUT2D eigenvalue weighted by molar-refractivity contribution is 6.99. The van der Waals surface area contributed by atoms with Crippen molar-refractivity contribution in [1.82, 2.24) is 0 Å². The second-order valence-corrected chi connectivity index (χ2v) is 28.4. The molecule has 0 spiro atoms. The summed E-state index contributed by atoms with van der Waals surface area (Å²) in [6, 6.07) is 18.3. The SMILES string of the molecule is CC(=O)OC[C@@H]1O[C@@H](O[C@@H]2[C@@H](O[C@H]3O[C@@H](COC(C)=O)[C@H](O[C@H]4O[C@@H](COC(C)=O)[C@@H](OC(C)=O)[C@H](OC(C)=O)[C@H]4OC(C)=O)[C@H](OC(C)=O)[C@H]3OC(C)=O)[C@@H](CO[Si](c3ccccc3)(c3ccccc3)C(C)(C)C)O[C@H](O)[C@H]2OC(C)=O)[C@@H](OC(C)=O)[C@@H](OC(C)=O)[C@H]1OC(C)=O. The number of esters is 12. The molecule has 1 N–H and O–H groups in total. The molecule has 0 amide bonds. The monoisotopic (exact) mass is 1410 g/mol. The van der Waals surface area contributed by atoms with E-state index in [0.717, 1.165) is 93.5 Å². The summed E-state index contributed by atoms with van der Waals surface area (Å²) in [5, 5.41) is 13.0. The molecule has 4 aliphatic rings. The fourth-order valence-electron chi connectivity index (χ4n) is 11.8. The summed E-state index contributed by atoms with van der Waals surface area (Å²) in [6.45, 7) is 14.4. The molecule has 542 valence electrons. The number of ether oxygens (including phenoxy) is 19. The Morgan fingerprint density at radius 2 is 0.582 bits per heavy atom. The van der Waals surface area contributed by atoms with Crippen LogP contribution in [-0.2, 0) is 152 Å². The van der Waals surface area contributed by atoms with Crippen molar-refractivity contribution in [2.45, 2.75) is 232 Å². The van der Waals surface area contributed by atoms with E-state index in [1.54, 1.807) is 36.4 Å². The first-order valence-corrected chi connectivity index (χ1v) is 32.9. The molecule has 0 bridgehead atoms. The van der Waals surface area contributed by atoms with Gasteiger partial charge in [0.1, 0.15) is 62.5 Å². The molecule has 33 nitrogen and oxygen atoms in total. The van der Waals surface area contributed by atoms with Gasteiger partial charge in [-0.05, 0) is 15.4 Å². The predicted octanol–water partition coefficient (Wildman–Crippen LogP) is 0.685. The van der Waals surface area contributed by atoms with Crippen LogP contribution in [0.3, 0.4) is 0 Å². The van der Waals surface area contributed by atoms with Gasteiger partial charge in [0.2, 0.25) is 0 Å². The highest BCUT2D eigenvalue weighted by Gasteiger charge is 2.62. The van der Waals surface area contributed by atoms with Gasteiger partial charge >= 0.3 is 71.6 Å². The van der Waals surface area contributed by atoms with Crippen LogP contribution in [0.2, 0.25) is 5.04 Å². The Morgan fingerprint density at radius 3 is 0.888 bits per heavy atom. The van der Waals surface area contributed by atoms with E-state index < -0.39 is 234 Å². The number of benzene rings is 2. The minimum absolute atomic E-state index is 0.635. The van der Waals surface area contributed by atoms with Crippen LogP contribution < -0.4 is 10.4 Å². The number of carbonyl (C=O) groups is 12. The predicted molar refractivity (Wildman–Crippen MR) is 325 cm³/mol. The third kappa shape index (κ3) is 21.0. The average molecular weight is 1410 g/mol. The molecule has 34 heteroatoms. The summed E-state index contributed by atoms with van der Waals surface area (Å²) >= 11 is 0. The van der Waals surface area contributed by atoms with Crippen molar-refractivity contribution in [3.63, 3.8) is 0 Å². The Balaban J connectivity index is 1.64. The van der Waals surface area contributed by atoms with Crippen LogP contribution in [0.5, 0.6) is 0 Å². The van der Waals surface area contributed by atoms with E-state index in [9.17, 15) is 62.6 Å². The van der Waals surface area contributed by atoms with Crippen molar-refractivity contribution in [2.24, 2.45) is 0 Å². The Kier molecular flexibility index (Phi) is 28.3. The molecule has 0 unspecified atom stereocenters. The first-order valence-electron chi connectivity index (χ1n) is 31.0. The summed E-state index contributed by atoms with van der Waals surface area (Å²) in [5.74, 6) is -12.2. The number of hydrogen-bond donors (Lipinski definition) is 1. The van der Waals surface area contributed by atoms with Crippen LogP contribution in [0, 0.1) is 0 Å². The van der Waals surface area contributed by atoms with Gasteiger partial charge in [-0.3, -0.25) is 57.5 Å². The van der Waals surface area contributed by atoms with Gasteiger partial charge < -0.3 is 99.5 Å². The van der Waals surface area contributed by atoms with Gasteiger partial charge in [0, 0.05) is 83.1 Å². The van der Waals surface area contributed by atoms with Crippen molar-refractivity contribution in [1.29, 1.82) is 0 Å². The van der Waals surface area contributed by atoms with Crippen LogP contribution >= 0.6 is 0 Å². The smallest absolute Gasteiger partial charge is 0.303 e. The molecule has 6 rings (SSSR count). The molecule has 4 saturated heterocycles. The maximum absolute atomic E-state index is 13.7. The fraction of sp³-hybridized carbons (Fsp3) is 0.625. The third-order valence-electron chi connectivity index (χ3n) is 15.2. The van der Waals surface area contributed by atoms with Crippen LogP contribution in [0.4, 0.5) is 0 Å². The van der Waals surface area contributed by atoms with Gasteiger partial charge in [-0.2, -0.15) is 0 Å². The summed E-state index contributed by atoms with van der Waals surface area (Å²) in [5.41, 5.74) is 0. The molecule has 2 aromatic rings. The maximum atomic E-state index is 13.7. The quantitative estimate of drug-likeness (QED) is 0.0769. The van der Waals surface area contributed by atoms with E-state index in [4.69, 9.17) is 94.4 Å². The highest BCUT2D eigenvalue weighted by Crippen LogP contribution is 2.42. The second-order valence-electron chi connectivity index (χ2n) is 24.0. The third-order valence-corrected chi connectivity index (χ3v) is 20.2. The molecular formula is C64H84O33Si. The molecule has 2 aromatic carbocycles. The highest BCUT2D eigenvalue weighted by atomic mass is 28.4. The van der Waals surface area contributed by atoms with E-state index >= 15 is 0 Å². The topological polar surface area (TPSA) is 410 Å². The van der Waals surface area contributed by atoms with Crippen molar-refractivity contribution in [3.05, 3.63) is 60.7 Å². The number of aliphatic hydroxyl groups excluding tert-OH is 1. The number of aliphatic hydroxyl groups is 1. The second kappa shape index (κ2) is 35.1. The zero-order valence-corrected chi connectivity index (χ0v) is 57.7. The molecule has 0 radical (unpaired) electrons. The molecule has 0 aliphatic carbocycles. The van der Waals surface area contributed by atoms with Gasteiger partial charge in [-0.15, -0.1) is 0 Å². The number of rotatable bonds is 26. The van der Waals surface area contributed by atoms with Crippen LogP contribution in [-0.4, -0.2) is 234 Å². The van der Waals surface area contributed by atoms with Gasteiger partial charge in [0.05, 0.1) is 6.61 Å². The molecule has 4 heterocycles. The Bertz CT molecular complexity index is 3100. The summed E-state index contributed by atoms with van der Waals surface area (Å²) in [4.78, 5) is 156. The van der Waals surface area contributed by atoms with E-state index in [0.29, 0.717) is 0 Å². The maximum Gasteiger partial charge on any atom is 0.303 e. The summed E-state index contributed by atoms with van der Waals surface area (Å²) in [7, 11) is -3.73. The molecule has 20 atom stereocenters. The number of carbonyl (C=O) groups excluding carboxylic acids is 12. The first kappa shape index (κ1) is 78.9. The molecule has 0 aromatic heterocycles. The lowest BCUT2D eigenvalue weighted by atomic mass is 9.94. The number of hydrogen-bond acceptors (Lipinski definition) is 33. The van der Waals surface area contributed by atoms with Crippen LogP contribution in [0.1, 0.15) is 104 Å². The summed E-state index contributed by atoms with van der Waals surface area (Å²) < 4.78 is 121. The zero-order valence-electron chi connectivity index (χ0n) is 56.7. The minimum atomic E-state index is -3.73. The van der Waals surface area contributed by atoms with Crippen molar-refractivity contribution in [2.75, 3.05) is 26.4 Å². The van der Waals surface area contributed by atoms with Gasteiger partial charge in [0.25, 0.3) is 8.32 Å². The standard InChI is InChI=1S/C64H84O33Si/c1-30(65)78-26-44-48(82-33(4)68)53(84-35(6)70)57(88-39(10)74)61(92-44)95-50-46(28-80-32(3)67)94-62(59(90-41(12)76)55(50)86-37(8)72)96-51-47(29-81-98(64(13,14)15,42-22-18-16-19-23-42)43-24-20-17-21-25-43)91-60(77)56(87-38(9)73)52(51)97-63-58(89-40(11)75)54(85-36(7)71)49(83-34(5)69)45(93-63)27-79-31(2)66/h16-25,44-63,77H,26-29H2,1-15H3/t44-,45-,46-,47+,48+,49-,50-,51-,52+,53-,54-,55-,56-,57+,58-,59+,60-,61+,62+,63-/m0/s1. The van der Waals surface area contributed by atoms with Gasteiger partial charge in [-0.1, -0.05) is 81.4 Å². The van der Waals surface area contributed by atoms with Crippen LogP contribution in [0.25, 0.3) is 0 Å². The van der Waals surface area contributed by atoms with Crippen LogP contribution in [0.15, 0.2) is 60.7 Å². The van der Waals surface area contributed by atoms with Gasteiger partial charge in [-0.25, -0.2) is 0 Å².